The van der Waals surface area contributed by atoms with E-state index in [1.165, 1.54) is 0 Å². The first kappa shape index (κ1) is 33.5. The molecular formula is C26H8F16P2. The third-order valence-corrected chi connectivity index (χ3v) is 11.4. The fourth-order valence-electron chi connectivity index (χ4n) is 4.06. The van der Waals surface area contributed by atoms with Crippen LogP contribution in [0.2, 0.25) is 0 Å². The molecule has 234 valence electrons. The van der Waals surface area contributed by atoms with Crippen LogP contribution in [-0.4, -0.2) is 12.3 Å². The van der Waals surface area contributed by atoms with Crippen molar-refractivity contribution in [3.63, 3.8) is 0 Å². The lowest BCUT2D eigenvalue weighted by Crippen LogP contribution is -2.32. The van der Waals surface area contributed by atoms with Gasteiger partial charge in [0.2, 0.25) is 0 Å². The molecule has 4 aromatic rings. The number of hydrogen-bond acceptors (Lipinski definition) is 0. The molecular weight excluding hydrogens is 678 g/mol. The largest absolute Gasteiger partial charge is 0.204 e. The Morgan fingerprint density at radius 1 is 0.273 bits per heavy atom. The normalized spacial score (nSPS) is 11.8. The topological polar surface area (TPSA) is 0 Å². The van der Waals surface area contributed by atoms with Gasteiger partial charge >= 0.3 is 0 Å². The highest BCUT2D eigenvalue weighted by atomic mass is 31.1. The monoisotopic (exact) mass is 686 g/mol. The standard InChI is InChI=1S/C26H8F16P2/c27-7-3-8(28)16(36)23(15(7)35)43(24-17(37)9(29)4-10(30)18(24)38)1-2-44(25-19(39)11(31)5-12(32)20(25)40)26-21(41)13(33)6-14(34)22(26)42/h3-6H,1-2H2. The molecule has 4 aromatic carbocycles. The van der Waals surface area contributed by atoms with E-state index in [9.17, 15) is 70.2 Å². The molecule has 0 heterocycles. The summed E-state index contributed by atoms with van der Waals surface area (Å²) in [5, 5.41) is -7.75. The Hall–Kier alpha value is -3.38. The van der Waals surface area contributed by atoms with Gasteiger partial charge in [0.15, 0.2) is 93.1 Å². The molecule has 0 unspecified atom stereocenters. The quantitative estimate of drug-likeness (QED) is 0.108. The van der Waals surface area contributed by atoms with E-state index in [-0.39, 0.29) is 24.3 Å². The first-order valence-electron chi connectivity index (χ1n) is 11.4. The first-order chi connectivity index (χ1) is 20.5. The number of rotatable bonds is 7. The second kappa shape index (κ2) is 12.5. The van der Waals surface area contributed by atoms with Crippen LogP contribution in [0.4, 0.5) is 70.2 Å². The molecule has 0 N–H and O–H groups in total. The fourth-order valence-corrected chi connectivity index (χ4v) is 9.75. The molecule has 0 aliphatic carbocycles. The van der Waals surface area contributed by atoms with Crippen molar-refractivity contribution in [1.29, 1.82) is 0 Å². The average molecular weight is 686 g/mol. The lowest BCUT2D eigenvalue weighted by molar-refractivity contribution is 0.460. The minimum Gasteiger partial charge on any atom is -0.204 e. The van der Waals surface area contributed by atoms with Gasteiger partial charge in [0, 0.05) is 24.3 Å². The number of benzene rings is 4. The molecule has 0 nitrogen and oxygen atoms in total. The summed E-state index contributed by atoms with van der Waals surface area (Å²) in [5.41, 5.74) is 0. The zero-order chi connectivity index (χ0) is 32.9. The predicted molar refractivity (Wildman–Crippen MR) is 127 cm³/mol. The Bertz CT molecular complexity index is 1450. The van der Waals surface area contributed by atoms with E-state index in [0.29, 0.717) is 0 Å². The number of hydrogen-bond donors (Lipinski definition) is 0. The molecule has 0 bridgehead atoms. The smallest absolute Gasteiger partial charge is 0.169 e. The van der Waals surface area contributed by atoms with Gasteiger partial charge < -0.3 is 0 Å². The van der Waals surface area contributed by atoms with E-state index in [2.05, 4.69) is 0 Å². The predicted octanol–water partition coefficient (Wildman–Crippen LogP) is 7.48. The summed E-state index contributed by atoms with van der Waals surface area (Å²) in [7, 11) is -7.78. The zero-order valence-corrected chi connectivity index (χ0v) is 22.5. The molecule has 0 aliphatic rings. The van der Waals surface area contributed by atoms with Gasteiger partial charge in [-0.2, -0.15) is 0 Å². The molecule has 0 aromatic heterocycles. The Kier molecular flexibility index (Phi) is 9.56. The minimum absolute atomic E-state index is 0.381. The third-order valence-electron chi connectivity index (χ3n) is 5.98. The van der Waals surface area contributed by atoms with E-state index in [0.717, 1.165) is 0 Å². The van der Waals surface area contributed by atoms with Crippen LogP contribution in [-0.2, 0) is 0 Å². The van der Waals surface area contributed by atoms with E-state index >= 15 is 0 Å². The van der Waals surface area contributed by atoms with Gasteiger partial charge in [-0.3, -0.25) is 0 Å². The molecule has 4 rings (SSSR count). The van der Waals surface area contributed by atoms with Crippen molar-refractivity contribution < 1.29 is 70.2 Å². The van der Waals surface area contributed by atoms with Crippen LogP contribution in [0.3, 0.4) is 0 Å². The summed E-state index contributed by atoms with van der Waals surface area (Å²) in [6, 6.07) is -1.52. The van der Waals surface area contributed by atoms with Gasteiger partial charge in [-0.15, -0.1) is 0 Å². The Morgan fingerprint density at radius 2 is 0.409 bits per heavy atom. The highest BCUT2D eigenvalue weighted by molar-refractivity contribution is 7.76. The van der Waals surface area contributed by atoms with E-state index < -0.39 is 142 Å². The second-order valence-corrected chi connectivity index (χ2v) is 13.0. The molecule has 0 saturated heterocycles. The van der Waals surface area contributed by atoms with Crippen molar-refractivity contribution in [1.82, 2.24) is 0 Å². The maximum absolute atomic E-state index is 14.9. The van der Waals surface area contributed by atoms with Crippen molar-refractivity contribution in [2.24, 2.45) is 0 Å². The van der Waals surface area contributed by atoms with Gasteiger partial charge in [-0.25, -0.2) is 70.2 Å². The van der Waals surface area contributed by atoms with E-state index in [1.807, 2.05) is 0 Å². The highest BCUT2D eigenvalue weighted by Gasteiger charge is 2.38. The van der Waals surface area contributed by atoms with Crippen molar-refractivity contribution in [3.05, 3.63) is 117 Å². The summed E-state index contributed by atoms with van der Waals surface area (Å²) in [4.78, 5) is 0. The van der Waals surface area contributed by atoms with Crippen LogP contribution in [0.15, 0.2) is 24.3 Å². The van der Waals surface area contributed by atoms with Gasteiger partial charge in [0.1, 0.15) is 0 Å². The Morgan fingerprint density at radius 3 is 0.545 bits per heavy atom. The third kappa shape index (κ3) is 5.74. The summed E-state index contributed by atoms with van der Waals surface area (Å²) in [6.07, 6.45) is -3.16. The molecule has 0 aliphatic heterocycles. The van der Waals surface area contributed by atoms with Gasteiger partial charge in [-0.1, -0.05) is 0 Å². The average Bonchev–Trinajstić information content (AvgIpc) is 2.95. The fraction of sp³-hybridized carbons (Fsp3) is 0.0769. The van der Waals surface area contributed by atoms with Crippen molar-refractivity contribution >= 4 is 37.1 Å². The van der Waals surface area contributed by atoms with Crippen molar-refractivity contribution in [3.8, 4) is 0 Å². The Labute approximate surface area is 237 Å². The highest BCUT2D eigenvalue weighted by Crippen LogP contribution is 2.46. The minimum atomic E-state index is -3.89. The van der Waals surface area contributed by atoms with E-state index in [4.69, 9.17) is 0 Å². The van der Waals surface area contributed by atoms with Crippen LogP contribution >= 0.6 is 15.8 Å². The van der Waals surface area contributed by atoms with Gasteiger partial charge in [0.25, 0.3) is 0 Å². The van der Waals surface area contributed by atoms with Crippen molar-refractivity contribution in [2.75, 3.05) is 12.3 Å². The number of halogens is 16. The lowest BCUT2D eigenvalue weighted by Gasteiger charge is -2.26. The molecule has 0 atom stereocenters. The second-order valence-electron chi connectivity index (χ2n) is 8.57. The molecule has 0 saturated carbocycles. The van der Waals surface area contributed by atoms with Gasteiger partial charge in [0.05, 0.1) is 21.2 Å². The van der Waals surface area contributed by atoms with Crippen LogP contribution in [0, 0.1) is 93.1 Å². The zero-order valence-electron chi connectivity index (χ0n) is 20.7. The molecule has 0 radical (unpaired) electrons. The molecule has 0 spiro atoms. The molecule has 0 amide bonds. The molecule has 18 heteroatoms. The maximum Gasteiger partial charge on any atom is 0.169 e. The summed E-state index contributed by atoms with van der Waals surface area (Å²) < 4.78 is 232. The summed E-state index contributed by atoms with van der Waals surface area (Å²) >= 11 is 0. The molecule has 0 fully saturated rings. The maximum atomic E-state index is 14.9. The van der Waals surface area contributed by atoms with Crippen LogP contribution < -0.4 is 21.2 Å². The first-order valence-corrected chi connectivity index (χ1v) is 14.4. The molecule has 44 heavy (non-hydrogen) atoms. The summed E-state index contributed by atoms with van der Waals surface area (Å²) in [6.45, 7) is 0. The van der Waals surface area contributed by atoms with Crippen LogP contribution in [0.25, 0.3) is 0 Å². The van der Waals surface area contributed by atoms with Crippen LogP contribution in [0.5, 0.6) is 0 Å². The van der Waals surface area contributed by atoms with Crippen molar-refractivity contribution in [2.45, 2.75) is 0 Å². The van der Waals surface area contributed by atoms with Gasteiger partial charge in [-0.05, 0) is 28.2 Å². The van der Waals surface area contributed by atoms with E-state index in [1.54, 1.807) is 0 Å². The summed E-state index contributed by atoms with van der Waals surface area (Å²) in [5.74, 6) is -37.0. The lowest BCUT2D eigenvalue weighted by atomic mass is 10.3. The Balaban J connectivity index is 2.05. The SMILES string of the molecule is Fc1cc(F)c(F)c(P(CCP(c2c(F)c(F)cc(F)c2F)c2c(F)c(F)cc(F)c2F)c2c(F)c(F)cc(F)c2F)c1F. The van der Waals surface area contributed by atoms with Crippen LogP contribution in [0.1, 0.15) is 0 Å².